The fourth-order valence-electron chi connectivity index (χ4n) is 3.74. The number of amides is 2. The van der Waals surface area contributed by atoms with Gasteiger partial charge in [0.15, 0.2) is 0 Å². The molecule has 3 fully saturated rings. The maximum absolute atomic E-state index is 12.5. The van der Waals surface area contributed by atoms with Gasteiger partial charge in [-0.05, 0) is 18.8 Å². The van der Waals surface area contributed by atoms with E-state index in [9.17, 15) is 9.59 Å². The fraction of sp³-hybridized carbons (Fsp3) is 0.786. The lowest BCUT2D eigenvalue weighted by Gasteiger charge is -2.30. The monoisotopic (exact) mass is 291 g/mol. The van der Waals surface area contributed by atoms with Crippen LogP contribution in [0.4, 0.5) is 0 Å². The number of hydrogen-bond acceptors (Lipinski definition) is 5. The lowest BCUT2D eigenvalue weighted by Crippen LogP contribution is -2.55. The number of fused-ring (bicyclic) bond motifs is 2. The molecule has 2 bridgehead atoms. The van der Waals surface area contributed by atoms with Crippen LogP contribution in [-0.4, -0.2) is 65.4 Å². The number of nitrogens with one attached hydrogen (secondary N) is 1. The number of nitrogens with zero attached hydrogens (tertiary/aromatic N) is 3. The number of nitriles is 1. The van der Waals surface area contributed by atoms with Crippen LogP contribution in [0.1, 0.15) is 19.8 Å². The van der Waals surface area contributed by atoms with E-state index in [-0.39, 0.29) is 29.9 Å². The van der Waals surface area contributed by atoms with Gasteiger partial charge in [-0.3, -0.25) is 14.5 Å². The molecule has 21 heavy (non-hydrogen) atoms. The first kappa shape index (κ1) is 14.3. The van der Waals surface area contributed by atoms with Gasteiger partial charge in [0.2, 0.25) is 11.8 Å². The summed E-state index contributed by atoms with van der Waals surface area (Å²) in [6, 6.07) is 1.20. The maximum atomic E-state index is 12.5. The molecule has 0 aliphatic carbocycles. The van der Waals surface area contributed by atoms with Crippen LogP contribution in [-0.2, 0) is 9.59 Å². The van der Waals surface area contributed by atoms with Crippen molar-refractivity contribution in [2.75, 3.05) is 19.6 Å². The SMILES string of the molecule is CC1CC(C#N)N(C(=O)C(N)CN2C[C@@H]3CC2C(=O)N3)C1. The van der Waals surface area contributed by atoms with Gasteiger partial charge in [-0.15, -0.1) is 0 Å². The van der Waals surface area contributed by atoms with E-state index in [1.807, 2.05) is 11.8 Å². The Hall–Kier alpha value is -1.65. The van der Waals surface area contributed by atoms with E-state index in [1.165, 1.54) is 0 Å². The van der Waals surface area contributed by atoms with E-state index < -0.39 is 6.04 Å². The van der Waals surface area contributed by atoms with Gasteiger partial charge in [0.05, 0.1) is 18.2 Å². The van der Waals surface area contributed by atoms with Crippen molar-refractivity contribution in [2.24, 2.45) is 11.7 Å². The Kier molecular flexibility index (Phi) is 3.59. The van der Waals surface area contributed by atoms with Crippen LogP contribution >= 0.6 is 0 Å². The second kappa shape index (κ2) is 5.28. The molecule has 5 atom stereocenters. The summed E-state index contributed by atoms with van der Waals surface area (Å²) in [4.78, 5) is 27.7. The minimum absolute atomic E-state index is 0.0376. The molecule has 0 aromatic carbocycles. The molecule has 0 aromatic rings. The Balaban J connectivity index is 1.61. The molecule has 3 heterocycles. The van der Waals surface area contributed by atoms with Gasteiger partial charge in [0.1, 0.15) is 6.04 Å². The van der Waals surface area contributed by atoms with Crippen molar-refractivity contribution in [3.8, 4) is 6.07 Å². The zero-order valence-corrected chi connectivity index (χ0v) is 12.2. The van der Waals surface area contributed by atoms with Gasteiger partial charge >= 0.3 is 0 Å². The van der Waals surface area contributed by atoms with Gasteiger partial charge in [-0.2, -0.15) is 5.26 Å². The minimum Gasteiger partial charge on any atom is -0.351 e. The summed E-state index contributed by atoms with van der Waals surface area (Å²) < 4.78 is 0. The number of hydrogen-bond donors (Lipinski definition) is 2. The third-order valence-corrected chi connectivity index (χ3v) is 4.74. The van der Waals surface area contributed by atoms with Crippen molar-refractivity contribution in [3.05, 3.63) is 0 Å². The van der Waals surface area contributed by atoms with Crippen LogP contribution in [0.3, 0.4) is 0 Å². The van der Waals surface area contributed by atoms with E-state index in [0.717, 1.165) is 13.0 Å². The summed E-state index contributed by atoms with van der Waals surface area (Å²) in [5, 5.41) is 12.0. The molecule has 2 amide bonds. The number of carbonyl (C=O) groups is 2. The van der Waals surface area contributed by atoms with Crippen molar-refractivity contribution < 1.29 is 9.59 Å². The molecule has 3 aliphatic rings. The van der Waals surface area contributed by atoms with Crippen LogP contribution < -0.4 is 11.1 Å². The van der Waals surface area contributed by atoms with Crippen LogP contribution in [0.2, 0.25) is 0 Å². The first-order valence-electron chi connectivity index (χ1n) is 7.49. The van der Waals surface area contributed by atoms with Crippen LogP contribution in [0.25, 0.3) is 0 Å². The standard InChI is InChI=1S/C14H21N5O2/c1-8-2-10(4-15)19(5-8)14(21)11(16)7-18-6-9-3-12(18)13(20)17-9/h8-12H,2-3,5-7,16H2,1H3,(H,17,20)/t8?,9-,10?,11?,12?/m0/s1. The topological polar surface area (TPSA) is 102 Å². The smallest absolute Gasteiger partial charge is 0.241 e. The third-order valence-electron chi connectivity index (χ3n) is 4.74. The van der Waals surface area contributed by atoms with Gasteiger partial charge in [-0.25, -0.2) is 0 Å². The van der Waals surface area contributed by atoms with Gasteiger partial charge < -0.3 is 16.0 Å². The predicted octanol–water partition coefficient (Wildman–Crippen LogP) is -1.35. The summed E-state index contributed by atoms with van der Waals surface area (Å²) in [5.74, 6) is 0.198. The van der Waals surface area contributed by atoms with E-state index >= 15 is 0 Å². The molecule has 7 heteroatoms. The van der Waals surface area contributed by atoms with Gasteiger partial charge in [0, 0.05) is 25.7 Å². The lowest BCUT2D eigenvalue weighted by atomic mass is 10.1. The van der Waals surface area contributed by atoms with E-state index in [2.05, 4.69) is 11.4 Å². The Bertz CT molecular complexity index is 502. The number of carbonyl (C=O) groups excluding carboxylic acids is 2. The van der Waals surface area contributed by atoms with Gasteiger partial charge in [0.25, 0.3) is 0 Å². The molecule has 0 spiro atoms. The number of piperazine rings is 1. The summed E-state index contributed by atoms with van der Waals surface area (Å²) >= 11 is 0. The second-order valence-corrected chi connectivity index (χ2v) is 6.49. The molecule has 3 aliphatic heterocycles. The van der Waals surface area contributed by atoms with Crippen molar-refractivity contribution >= 4 is 11.8 Å². The Labute approximate surface area is 124 Å². The zero-order valence-electron chi connectivity index (χ0n) is 12.2. The molecule has 3 rings (SSSR count). The Morgan fingerprint density at radius 1 is 1.52 bits per heavy atom. The molecule has 0 saturated carbocycles. The molecular weight excluding hydrogens is 270 g/mol. The maximum Gasteiger partial charge on any atom is 0.241 e. The normalized spacial score (nSPS) is 36.6. The highest BCUT2D eigenvalue weighted by Gasteiger charge is 2.45. The van der Waals surface area contributed by atoms with Crippen molar-refractivity contribution in [2.45, 2.75) is 43.9 Å². The molecule has 0 aromatic heterocycles. The van der Waals surface area contributed by atoms with E-state index in [0.29, 0.717) is 25.4 Å². The van der Waals surface area contributed by atoms with E-state index in [4.69, 9.17) is 11.0 Å². The molecule has 4 unspecified atom stereocenters. The highest BCUT2D eigenvalue weighted by molar-refractivity contribution is 5.86. The average molecular weight is 291 g/mol. The largest absolute Gasteiger partial charge is 0.351 e. The van der Waals surface area contributed by atoms with Crippen LogP contribution in [0.5, 0.6) is 0 Å². The fourth-order valence-corrected chi connectivity index (χ4v) is 3.74. The predicted molar refractivity (Wildman–Crippen MR) is 74.8 cm³/mol. The summed E-state index contributed by atoms with van der Waals surface area (Å²) in [5.41, 5.74) is 6.04. The highest BCUT2D eigenvalue weighted by Crippen LogP contribution is 2.26. The lowest BCUT2D eigenvalue weighted by molar-refractivity contribution is -0.134. The zero-order chi connectivity index (χ0) is 15.1. The Morgan fingerprint density at radius 3 is 2.90 bits per heavy atom. The number of rotatable bonds is 3. The molecule has 3 N–H and O–H groups in total. The summed E-state index contributed by atoms with van der Waals surface area (Å²) in [6.07, 6.45) is 1.52. The van der Waals surface area contributed by atoms with Gasteiger partial charge in [-0.1, -0.05) is 6.92 Å². The summed E-state index contributed by atoms with van der Waals surface area (Å²) in [7, 11) is 0. The van der Waals surface area contributed by atoms with Crippen LogP contribution in [0, 0.1) is 17.2 Å². The first-order valence-corrected chi connectivity index (χ1v) is 7.49. The average Bonchev–Trinajstić information content (AvgIpc) is 3.10. The summed E-state index contributed by atoms with van der Waals surface area (Å²) in [6.45, 7) is 3.77. The van der Waals surface area contributed by atoms with Crippen molar-refractivity contribution in [1.82, 2.24) is 15.1 Å². The number of likely N-dealkylation sites (tertiary alicyclic amines) is 2. The molecule has 114 valence electrons. The highest BCUT2D eigenvalue weighted by atomic mass is 16.2. The van der Waals surface area contributed by atoms with Crippen molar-refractivity contribution in [1.29, 1.82) is 5.26 Å². The molecular formula is C14H21N5O2. The van der Waals surface area contributed by atoms with E-state index in [1.54, 1.807) is 4.90 Å². The quantitative estimate of drug-likeness (QED) is 0.669. The second-order valence-electron chi connectivity index (χ2n) is 6.49. The molecule has 0 radical (unpaired) electrons. The van der Waals surface area contributed by atoms with Crippen LogP contribution in [0.15, 0.2) is 0 Å². The van der Waals surface area contributed by atoms with Crippen molar-refractivity contribution in [3.63, 3.8) is 0 Å². The molecule has 3 saturated heterocycles. The minimum atomic E-state index is -0.668. The molecule has 7 nitrogen and oxygen atoms in total. The number of nitrogens with two attached hydrogens (primary N) is 1. The first-order chi connectivity index (χ1) is 9.99. The Morgan fingerprint density at radius 2 is 2.29 bits per heavy atom. The third kappa shape index (κ3) is 2.49.